The third-order valence-corrected chi connectivity index (χ3v) is 3.22. The molecule has 1 saturated heterocycles. The third kappa shape index (κ3) is 2.92. The first-order valence-electron chi connectivity index (χ1n) is 6.20. The van der Waals surface area contributed by atoms with Crippen molar-refractivity contribution in [2.24, 2.45) is 0 Å². The Bertz CT molecular complexity index is 397. The van der Waals surface area contributed by atoms with Crippen molar-refractivity contribution in [1.82, 2.24) is 4.90 Å². The summed E-state index contributed by atoms with van der Waals surface area (Å²) < 4.78 is 0. The van der Waals surface area contributed by atoms with Gasteiger partial charge in [-0.2, -0.15) is 0 Å². The van der Waals surface area contributed by atoms with Crippen LogP contribution in [0.3, 0.4) is 0 Å². The zero-order chi connectivity index (χ0) is 13.0. The molecule has 2 rings (SSSR count). The van der Waals surface area contributed by atoms with Gasteiger partial charge in [-0.15, -0.1) is 0 Å². The topological polar surface area (TPSA) is 69.8 Å². The minimum Gasteiger partial charge on any atom is -0.399 e. The number of hydrogen-bond donors (Lipinski definition) is 2. The number of carbonyl (C=O) groups excluding carboxylic acids is 1. The van der Waals surface area contributed by atoms with Gasteiger partial charge in [-0.3, -0.25) is 4.79 Å². The summed E-state index contributed by atoms with van der Waals surface area (Å²) in [6, 6.07) is 7.78. The molecular formula is C13H19N3O2. The number of nitrogen functional groups attached to an aromatic ring is 1. The van der Waals surface area contributed by atoms with E-state index in [4.69, 9.17) is 10.8 Å². The predicted molar refractivity (Wildman–Crippen MR) is 71.4 cm³/mol. The van der Waals surface area contributed by atoms with E-state index in [-0.39, 0.29) is 18.9 Å². The Balaban J connectivity index is 1.90. The molecule has 1 heterocycles. The summed E-state index contributed by atoms with van der Waals surface area (Å²) in [5.74, 6) is 0.0365. The van der Waals surface area contributed by atoms with Gasteiger partial charge in [0.25, 0.3) is 0 Å². The summed E-state index contributed by atoms with van der Waals surface area (Å²) in [7, 11) is 0. The van der Waals surface area contributed by atoms with Gasteiger partial charge in [0.05, 0.1) is 6.61 Å². The SMILES string of the molecule is Nc1ccc(N2CCN(C(=O)CCO)CC2)cc1. The Morgan fingerprint density at radius 1 is 1.17 bits per heavy atom. The Kier molecular flexibility index (Phi) is 4.04. The number of aliphatic hydroxyl groups is 1. The highest BCUT2D eigenvalue weighted by atomic mass is 16.3. The maximum Gasteiger partial charge on any atom is 0.225 e. The van der Waals surface area contributed by atoms with E-state index in [9.17, 15) is 4.79 Å². The highest BCUT2D eigenvalue weighted by molar-refractivity contribution is 5.76. The molecular weight excluding hydrogens is 230 g/mol. The Labute approximate surface area is 107 Å². The Morgan fingerprint density at radius 3 is 2.33 bits per heavy atom. The molecule has 0 unspecified atom stereocenters. The van der Waals surface area contributed by atoms with Gasteiger partial charge in [0.2, 0.25) is 5.91 Å². The normalized spacial score (nSPS) is 15.8. The summed E-state index contributed by atoms with van der Waals surface area (Å²) in [6.07, 6.45) is 0.224. The fourth-order valence-corrected chi connectivity index (χ4v) is 2.15. The van der Waals surface area contributed by atoms with Crippen molar-refractivity contribution in [3.63, 3.8) is 0 Å². The van der Waals surface area contributed by atoms with Crippen molar-refractivity contribution in [3.8, 4) is 0 Å². The second kappa shape index (κ2) is 5.73. The molecule has 0 atom stereocenters. The lowest BCUT2D eigenvalue weighted by molar-refractivity contribution is -0.132. The third-order valence-electron chi connectivity index (χ3n) is 3.22. The number of anilines is 2. The van der Waals surface area contributed by atoms with Crippen LogP contribution in [-0.4, -0.2) is 48.7 Å². The fraction of sp³-hybridized carbons (Fsp3) is 0.462. The maximum absolute atomic E-state index is 11.6. The number of aliphatic hydroxyl groups excluding tert-OH is 1. The van der Waals surface area contributed by atoms with Gasteiger partial charge in [0.1, 0.15) is 0 Å². The summed E-state index contributed by atoms with van der Waals surface area (Å²) in [6.45, 7) is 2.99. The van der Waals surface area contributed by atoms with Gasteiger partial charge >= 0.3 is 0 Å². The summed E-state index contributed by atoms with van der Waals surface area (Å²) in [4.78, 5) is 15.7. The molecule has 3 N–H and O–H groups in total. The molecule has 0 spiro atoms. The first-order valence-corrected chi connectivity index (χ1v) is 6.20. The van der Waals surface area contributed by atoms with E-state index < -0.39 is 0 Å². The quantitative estimate of drug-likeness (QED) is 0.756. The molecule has 0 bridgehead atoms. The highest BCUT2D eigenvalue weighted by Crippen LogP contribution is 2.18. The molecule has 18 heavy (non-hydrogen) atoms. The second-order valence-corrected chi connectivity index (χ2v) is 4.43. The van der Waals surface area contributed by atoms with Crippen molar-refractivity contribution >= 4 is 17.3 Å². The molecule has 0 saturated carbocycles. The van der Waals surface area contributed by atoms with Crippen LogP contribution >= 0.6 is 0 Å². The number of rotatable bonds is 3. The van der Waals surface area contributed by atoms with Gasteiger partial charge < -0.3 is 20.6 Å². The van der Waals surface area contributed by atoms with E-state index in [1.807, 2.05) is 29.2 Å². The average molecular weight is 249 g/mol. The van der Waals surface area contributed by atoms with E-state index in [1.165, 1.54) is 0 Å². The van der Waals surface area contributed by atoms with Gasteiger partial charge in [0, 0.05) is 44.0 Å². The first-order chi connectivity index (χ1) is 8.70. The zero-order valence-electron chi connectivity index (χ0n) is 10.4. The van der Waals surface area contributed by atoms with Crippen LogP contribution in [0, 0.1) is 0 Å². The van der Waals surface area contributed by atoms with Gasteiger partial charge in [-0.25, -0.2) is 0 Å². The minimum atomic E-state index is -0.0724. The molecule has 98 valence electrons. The summed E-state index contributed by atoms with van der Waals surface area (Å²) >= 11 is 0. The molecule has 1 aliphatic rings. The van der Waals surface area contributed by atoms with E-state index in [0.717, 1.165) is 24.5 Å². The van der Waals surface area contributed by atoms with Crippen LogP contribution < -0.4 is 10.6 Å². The summed E-state index contributed by atoms with van der Waals surface area (Å²) in [5.41, 5.74) is 7.55. The molecule has 5 heteroatoms. The monoisotopic (exact) mass is 249 g/mol. The van der Waals surface area contributed by atoms with Gasteiger partial charge in [-0.05, 0) is 24.3 Å². The molecule has 1 amide bonds. The number of nitrogens with two attached hydrogens (primary N) is 1. The zero-order valence-corrected chi connectivity index (χ0v) is 10.4. The number of hydrogen-bond acceptors (Lipinski definition) is 4. The standard InChI is InChI=1S/C13H19N3O2/c14-11-1-3-12(4-2-11)15-6-8-16(9-7-15)13(18)5-10-17/h1-4,17H,5-10,14H2. The number of piperazine rings is 1. The Hall–Kier alpha value is -1.75. The van der Waals surface area contributed by atoms with Crippen LogP contribution in [0.15, 0.2) is 24.3 Å². The maximum atomic E-state index is 11.6. The summed E-state index contributed by atoms with van der Waals surface area (Å²) in [5, 5.41) is 8.75. The van der Waals surface area contributed by atoms with Crippen molar-refractivity contribution in [2.75, 3.05) is 43.4 Å². The molecule has 1 fully saturated rings. The first kappa shape index (κ1) is 12.7. The van der Waals surface area contributed by atoms with Crippen molar-refractivity contribution in [3.05, 3.63) is 24.3 Å². The fourth-order valence-electron chi connectivity index (χ4n) is 2.15. The lowest BCUT2D eigenvalue weighted by Gasteiger charge is -2.36. The van der Waals surface area contributed by atoms with E-state index in [1.54, 1.807) is 0 Å². The Morgan fingerprint density at radius 2 is 1.78 bits per heavy atom. The molecule has 0 aliphatic carbocycles. The largest absolute Gasteiger partial charge is 0.399 e. The van der Waals surface area contributed by atoms with Crippen LogP contribution in [-0.2, 0) is 4.79 Å². The van der Waals surface area contributed by atoms with Gasteiger partial charge in [-0.1, -0.05) is 0 Å². The molecule has 5 nitrogen and oxygen atoms in total. The van der Waals surface area contributed by atoms with E-state index in [2.05, 4.69) is 4.90 Å². The van der Waals surface area contributed by atoms with Crippen LogP contribution in [0.25, 0.3) is 0 Å². The van der Waals surface area contributed by atoms with E-state index >= 15 is 0 Å². The number of carbonyl (C=O) groups is 1. The molecule has 1 aromatic rings. The van der Waals surface area contributed by atoms with Crippen molar-refractivity contribution < 1.29 is 9.90 Å². The molecule has 1 aromatic carbocycles. The van der Waals surface area contributed by atoms with Crippen LogP contribution in [0.5, 0.6) is 0 Å². The highest BCUT2D eigenvalue weighted by Gasteiger charge is 2.20. The smallest absolute Gasteiger partial charge is 0.225 e. The van der Waals surface area contributed by atoms with E-state index in [0.29, 0.717) is 13.1 Å². The number of amides is 1. The molecule has 1 aliphatic heterocycles. The van der Waals surface area contributed by atoms with Crippen LogP contribution in [0.4, 0.5) is 11.4 Å². The van der Waals surface area contributed by atoms with Crippen LogP contribution in [0.1, 0.15) is 6.42 Å². The number of nitrogens with zero attached hydrogens (tertiary/aromatic N) is 2. The second-order valence-electron chi connectivity index (χ2n) is 4.43. The minimum absolute atomic E-state index is 0.0365. The predicted octanol–water partition coefficient (Wildman–Crippen LogP) is 0.300. The average Bonchev–Trinajstić information content (AvgIpc) is 2.40. The lowest BCUT2D eigenvalue weighted by Crippen LogP contribution is -2.48. The van der Waals surface area contributed by atoms with Crippen LogP contribution in [0.2, 0.25) is 0 Å². The lowest BCUT2D eigenvalue weighted by atomic mass is 10.2. The number of benzene rings is 1. The molecule has 0 radical (unpaired) electrons. The van der Waals surface area contributed by atoms with Gasteiger partial charge in [0.15, 0.2) is 0 Å². The van der Waals surface area contributed by atoms with Crippen molar-refractivity contribution in [2.45, 2.75) is 6.42 Å². The molecule has 0 aromatic heterocycles. The van der Waals surface area contributed by atoms with Crippen molar-refractivity contribution in [1.29, 1.82) is 0 Å².